The van der Waals surface area contributed by atoms with Crippen LogP contribution in [0.25, 0.3) is 0 Å². The molecule has 5 nitrogen and oxygen atoms in total. The summed E-state index contributed by atoms with van der Waals surface area (Å²) in [6.45, 7) is 6.44. The molecule has 1 N–H and O–H groups in total. The van der Waals surface area contributed by atoms with Crippen molar-refractivity contribution in [3.05, 3.63) is 101 Å². The number of nitrogens with one attached hydrogen (secondary N) is 1. The lowest BCUT2D eigenvalue weighted by atomic mass is 10.0. The average molecular weight is 477 g/mol. The first-order valence-corrected chi connectivity index (χ1v) is 11.9. The quantitative estimate of drug-likeness (QED) is 0.424. The maximum Gasteiger partial charge on any atom is 0.261 e. The van der Waals surface area contributed by atoms with Gasteiger partial charge in [0, 0.05) is 19.5 Å². The van der Waals surface area contributed by atoms with E-state index >= 15 is 0 Å². The molecule has 0 aliphatic rings. The Morgan fingerprint density at radius 2 is 1.66 bits per heavy atom. The van der Waals surface area contributed by atoms with Gasteiger partial charge in [-0.05, 0) is 66.8 Å². The van der Waals surface area contributed by atoms with Gasteiger partial charge in [-0.2, -0.15) is 0 Å². The number of hydrogen-bond donors (Lipinski definition) is 1. The van der Waals surface area contributed by atoms with Crippen LogP contribution in [0.2, 0.25) is 0 Å². The smallest absolute Gasteiger partial charge is 0.261 e. The fourth-order valence-electron chi connectivity index (χ4n) is 3.74. The number of ether oxygens (including phenoxy) is 1. The highest BCUT2D eigenvalue weighted by Gasteiger charge is 2.30. The number of nitrogens with zero attached hydrogens (tertiary/aromatic N) is 1. The van der Waals surface area contributed by atoms with Crippen molar-refractivity contribution in [3.8, 4) is 5.75 Å². The molecule has 0 aliphatic heterocycles. The molecule has 1 atom stereocenters. The number of benzene rings is 3. The van der Waals surface area contributed by atoms with Crippen molar-refractivity contribution in [3.63, 3.8) is 0 Å². The molecule has 0 aromatic heterocycles. The van der Waals surface area contributed by atoms with E-state index in [1.54, 1.807) is 12.1 Å². The van der Waals surface area contributed by atoms with Crippen LogP contribution in [0.5, 0.6) is 5.75 Å². The van der Waals surface area contributed by atoms with Crippen LogP contribution in [0.1, 0.15) is 35.6 Å². The lowest BCUT2D eigenvalue weighted by molar-refractivity contribution is -0.142. The Morgan fingerprint density at radius 1 is 0.943 bits per heavy atom. The summed E-state index contributed by atoms with van der Waals surface area (Å²) < 4.78 is 19.3. The Labute approximate surface area is 206 Å². The summed E-state index contributed by atoms with van der Waals surface area (Å²) >= 11 is 0. The first kappa shape index (κ1) is 25.9. The number of rotatable bonds is 11. The Morgan fingerprint density at radius 3 is 2.31 bits per heavy atom. The second-order valence-electron chi connectivity index (χ2n) is 8.68. The predicted octanol–water partition coefficient (Wildman–Crippen LogP) is 4.99. The van der Waals surface area contributed by atoms with E-state index < -0.39 is 6.04 Å². The van der Waals surface area contributed by atoms with E-state index in [-0.39, 0.29) is 30.8 Å². The number of carbonyl (C=O) groups is 2. The molecule has 0 saturated carbocycles. The molecule has 3 aromatic rings. The summed E-state index contributed by atoms with van der Waals surface area (Å²) in [5, 5.41) is 2.94. The third-order valence-electron chi connectivity index (χ3n) is 5.93. The maximum atomic E-state index is 13.5. The molecule has 2 amide bonds. The molecule has 3 rings (SSSR count). The van der Waals surface area contributed by atoms with Gasteiger partial charge in [0.05, 0.1) is 0 Å². The molecule has 0 aliphatic carbocycles. The van der Waals surface area contributed by atoms with E-state index in [0.717, 1.165) is 28.7 Å². The van der Waals surface area contributed by atoms with Crippen LogP contribution < -0.4 is 10.1 Å². The lowest BCUT2D eigenvalue weighted by Crippen LogP contribution is -2.51. The summed E-state index contributed by atoms with van der Waals surface area (Å²) in [5.74, 6) is -0.304. The molecule has 0 saturated heterocycles. The van der Waals surface area contributed by atoms with Crippen LogP contribution >= 0.6 is 0 Å². The number of carbonyl (C=O) groups excluding carboxylic acids is 2. The van der Waals surface area contributed by atoms with Gasteiger partial charge in [-0.15, -0.1) is 0 Å². The van der Waals surface area contributed by atoms with Crippen molar-refractivity contribution in [1.82, 2.24) is 10.2 Å². The average Bonchev–Trinajstić information content (AvgIpc) is 2.87. The van der Waals surface area contributed by atoms with Gasteiger partial charge in [0.2, 0.25) is 5.91 Å². The summed E-state index contributed by atoms with van der Waals surface area (Å²) in [5.41, 5.74) is 3.87. The fourth-order valence-corrected chi connectivity index (χ4v) is 3.74. The van der Waals surface area contributed by atoms with Crippen LogP contribution in [0.3, 0.4) is 0 Å². The van der Waals surface area contributed by atoms with Gasteiger partial charge < -0.3 is 15.0 Å². The molecule has 35 heavy (non-hydrogen) atoms. The number of hydrogen-bond acceptors (Lipinski definition) is 3. The first-order valence-electron chi connectivity index (χ1n) is 11.9. The molecule has 0 radical (unpaired) electrons. The Balaban J connectivity index is 1.88. The van der Waals surface area contributed by atoms with Crippen molar-refractivity contribution in [2.24, 2.45) is 0 Å². The van der Waals surface area contributed by atoms with Crippen LogP contribution in [0.15, 0.2) is 72.8 Å². The van der Waals surface area contributed by atoms with Crippen molar-refractivity contribution in [2.45, 2.75) is 46.2 Å². The molecular formula is C29H33FN2O3. The van der Waals surface area contributed by atoms with Gasteiger partial charge in [-0.1, -0.05) is 55.5 Å². The minimum Gasteiger partial charge on any atom is -0.484 e. The summed E-state index contributed by atoms with van der Waals surface area (Å²) in [7, 11) is 0. The Hall–Kier alpha value is -3.67. The lowest BCUT2D eigenvalue weighted by Gasteiger charge is -2.31. The van der Waals surface area contributed by atoms with Gasteiger partial charge in [0.25, 0.3) is 5.91 Å². The van der Waals surface area contributed by atoms with Gasteiger partial charge in [-0.25, -0.2) is 4.39 Å². The first-order chi connectivity index (χ1) is 16.9. The molecule has 184 valence electrons. The molecule has 0 heterocycles. The zero-order valence-corrected chi connectivity index (χ0v) is 20.6. The zero-order chi connectivity index (χ0) is 25.2. The molecule has 0 spiro atoms. The standard InChI is InChI=1S/C29H33FN2O3/c1-4-16-31-29(34)27(18-23-8-6-5-7-9-23)32(19-24-11-13-25(30)14-12-24)28(33)20-35-26-15-10-21(2)22(3)17-26/h5-15,17,27H,4,16,18-20H2,1-3H3,(H,31,34). The molecular weight excluding hydrogens is 443 g/mol. The van der Waals surface area contributed by atoms with Crippen molar-refractivity contribution in [2.75, 3.05) is 13.2 Å². The van der Waals surface area contributed by atoms with Gasteiger partial charge in [0.15, 0.2) is 6.61 Å². The number of aryl methyl sites for hydroxylation is 2. The normalized spacial score (nSPS) is 11.5. The van der Waals surface area contributed by atoms with Gasteiger partial charge >= 0.3 is 0 Å². The molecule has 6 heteroatoms. The largest absolute Gasteiger partial charge is 0.484 e. The van der Waals surface area contributed by atoms with Gasteiger partial charge in [0.1, 0.15) is 17.6 Å². The van der Waals surface area contributed by atoms with Gasteiger partial charge in [-0.3, -0.25) is 9.59 Å². The second kappa shape index (κ2) is 12.7. The summed E-state index contributed by atoms with van der Waals surface area (Å²) in [6.07, 6.45) is 1.14. The fraction of sp³-hybridized carbons (Fsp3) is 0.310. The van der Waals surface area contributed by atoms with E-state index in [1.165, 1.54) is 17.0 Å². The second-order valence-corrected chi connectivity index (χ2v) is 8.68. The zero-order valence-electron chi connectivity index (χ0n) is 20.6. The van der Waals surface area contributed by atoms with E-state index in [0.29, 0.717) is 18.7 Å². The molecule has 0 bridgehead atoms. The molecule has 0 fully saturated rings. The van der Waals surface area contributed by atoms with E-state index in [2.05, 4.69) is 5.32 Å². The summed E-state index contributed by atoms with van der Waals surface area (Å²) in [4.78, 5) is 28.3. The highest BCUT2D eigenvalue weighted by molar-refractivity contribution is 5.88. The maximum absolute atomic E-state index is 13.5. The predicted molar refractivity (Wildman–Crippen MR) is 136 cm³/mol. The monoisotopic (exact) mass is 476 g/mol. The topological polar surface area (TPSA) is 58.6 Å². The Kier molecular flexibility index (Phi) is 9.41. The molecule has 3 aromatic carbocycles. The third kappa shape index (κ3) is 7.67. The Bertz CT molecular complexity index is 1120. The van der Waals surface area contributed by atoms with Crippen molar-refractivity contribution >= 4 is 11.8 Å². The van der Waals surface area contributed by atoms with Crippen LogP contribution in [-0.4, -0.2) is 35.9 Å². The van der Waals surface area contributed by atoms with Crippen molar-refractivity contribution in [1.29, 1.82) is 0 Å². The van der Waals surface area contributed by atoms with E-state index in [4.69, 9.17) is 4.74 Å². The number of amides is 2. The van der Waals surface area contributed by atoms with Crippen LogP contribution in [0, 0.1) is 19.7 Å². The van der Waals surface area contributed by atoms with Crippen LogP contribution in [-0.2, 0) is 22.6 Å². The molecule has 1 unspecified atom stereocenters. The van der Waals surface area contributed by atoms with Crippen molar-refractivity contribution < 1.29 is 18.7 Å². The number of halogens is 1. The SMILES string of the molecule is CCCNC(=O)C(Cc1ccccc1)N(Cc1ccc(F)cc1)C(=O)COc1ccc(C)c(C)c1. The minimum atomic E-state index is -0.746. The highest BCUT2D eigenvalue weighted by atomic mass is 19.1. The van der Waals surface area contributed by atoms with E-state index in [1.807, 2.05) is 69.3 Å². The highest BCUT2D eigenvalue weighted by Crippen LogP contribution is 2.19. The minimum absolute atomic E-state index is 0.159. The van der Waals surface area contributed by atoms with E-state index in [9.17, 15) is 14.0 Å². The summed E-state index contributed by atoms with van der Waals surface area (Å²) in [6, 6.07) is 20.5. The third-order valence-corrected chi connectivity index (χ3v) is 5.93. The van der Waals surface area contributed by atoms with Crippen LogP contribution in [0.4, 0.5) is 4.39 Å².